The van der Waals surface area contributed by atoms with Gasteiger partial charge in [-0.1, -0.05) is 6.92 Å². The summed E-state index contributed by atoms with van der Waals surface area (Å²) in [5, 5.41) is 122. The highest BCUT2D eigenvalue weighted by molar-refractivity contribution is 4.99. The van der Waals surface area contributed by atoms with Gasteiger partial charge in [0.25, 0.3) is 0 Å². The zero-order chi connectivity index (χ0) is 29.2. The predicted octanol–water partition coefficient (Wildman–Crippen LogP) is -7.50. The van der Waals surface area contributed by atoms with Crippen molar-refractivity contribution in [1.29, 1.82) is 0 Å². The average molecular weight is 579 g/mol. The zero-order valence-electron chi connectivity index (χ0n) is 20.8. The van der Waals surface area contributed by atoms with Crippen LogP contribution in [0, 0.1) is 0 Å². The monoisotopic (exact) mass is 578 g/mol. The molecule has 3 saturated heterocycles. The summed E-state index contributed by atoms with van der Waals surface area (Å²) in [5.41, 5.74) is 0. The maximum atomic E-state index is 11.0. The summed E-state index contributed by atoms with van der Waals surface area (Å²) in [5.74, 6) is -2.98. The molecule has 12 N–H and O–H groups in total. The minimum Gasteiger partial charge on any atom is -0.394 e. The maximum absolute atomic E-state index is 11.0. The van der Waals surface area contributed by atoms with E-state index in [2.05, 4.69) is 0 Å². The third kappa shape index (κ3) is 6.53. The van der Waals surface area contributed by atoms with Crippen LogP contribution >= 0.6 is 0 Å². The van der Waals surface area contributed by atoms with Crippen LogP contribution in [0.2, 0.25) is 0 Å². The van der Waals surface area contributed by atoms with Gasteiger partial charge in [0.05, 0.1) is 19.8 Å². The van der Waals surface area contributed by atoms with Crippen LogP contribution in [0.3, 0.4) is 0 Å². The first-order valence-corrected chi connectivity index (χ1v) is 12.3. The van der Waals surface area contributed by atoms with E-state index in [-0.39, 0.29) is 6.42 Å². The molecule has 0 spiro atoms. The highest BCUT2D eigenvalue weighted by atomic mass is 16.8. The molecule has 0 bridgehead atoms. The van der Waals surface area contributed by atoms with Crippen molar-refractivity contribution in [3.8, 4) is 0 Å². The van der Waals surface area contributed by atoms with Gasteiger partial charge in [-0.2, -0.15) is 0 Å². The molecule has 0 aromatic rings. The van der Waals surface area contributed by atoms with Gasteiger partial charge < -0.3 is 89.7 Å². The first-order valence-electron chi connectivity index (χ1n) is 12.3. The topological polar surface area (TPSA) is 298 Å². The molecule has 3 aliphatic rings. The highest BCUT2D eigenvalue weighted by Crippen LogP contribution is 2.37. The Hall–Kier alpha value is -0.720. The normalized spacial score (nSPS) is 50.1. The Balaban J connectivity index is 1.81. The van der Waals surface area contributed by atoms with Gasteiger partial charge in [-0.05, 0) is 6.42 Å². The third-order valence-corrected chi connectivity index (χ3v) is 6.85. The number of hydrogen-bond acceptors (Lipinski definition) is 18. The van der Waals surface area contributed by atoms with Crippen molar-refractivity contribution in [3.05, 3.63) is 0 Å². The molecule has 0 radical (unpaired) electrons. The van der Waals surface area contributed by atoms with Crippen LogP contribution in [0.25, 0.3) is 0 Å². The molecule has 3 aliphatic heterocycles. The first-order chi connectivity index (χ1) is 18.3. The third-order valence-electron chi connectivity index (χ3n) is 6.85. The van der Waals surface area contributed by atoms with Crippen LogP contribution in [-0.4, -0.2) is 179 Å². The molecule has 0 aromatic heterocycles. The average Bonchev–Trinajstić information content (AvgIpc) is 2.92. The molecule has 3 rings (SSSR count). The van der Waals surface area contributed by atoms with Crippen molar-refractivity contribution < 1.29 is 89.7 Å². The van der Waals surface area contributed by atoms with Gasteiger partial charge in [0.2, 0.25) is 12.1 Å². The lowest BCUT2D eigenvalue weighted by Crippen LogP contribution is -2.71. The summed E-state index contributed by atoms with van der Waals surface area (Å²) < 4.78 is 31.8. The maximum Gasteiger partial charge on any atom is 0.249 e. The zero-order valence-corrected chi connectivity index (χ0v) is 20.8. The van der Waals surface area contributed by atoms with Gasteiger partial charge in [-0.15, -0.1) is 0 Å². The van der Waals surface area contributed by atoms with Crippen LogP contribution in [-0.2, 0) is 28.4 Å². The molecule has 0 aromatic carbocycles. The van der Waals surface area contributed by atoms with Gasteiger partial charge in [0, 0.05) is 0 Å². The second kappa shape index (κ2) is 13.5. The Morgan fingerprint density at radius 2 is 1.23 bits per heavy atom. The summed E-state index contributed by atoms with van der Waals surface area (Å²) >= 11 is 0. The van der Waals surface area contributed by atoms with Crippen molar-refractivity contribution in [3.63, 3.8) is 0 Å². The van der Waals surface area contributed by atoms with Crippen molar-refractivity contribution in [1.82, 2.24) is 0 Å². The van der Waals surface area contributed by atoms with Crippen LogP contribution in [0.15, 0.2) is 0 Å². The lowest BCUT2D eigenvalue weighted by atomic mass is 9.94. The van der Waals surface area contributed by atoms with Crippen LogP contribution < -0.4 is 0 Å². The van der Waals surface area contributed by atoms with Crippen LogP contribution in [0.5, 0.6) is 0 Å². The molecule has 3 unspecified atom stereocenters. The minimum absolute atomic E-state index is 0.0925. The van der Waals surface area contributed by atoms with E-state index >= 15 is 0 Å². The van der Waals surface area contributed by atoms with E-state index in [1.807, 2.05) is 0 Å². The molecular formula is C21H38O18. The number of rotatable bonds is 10. The van der Waals surface area contributed by atoms with E-state index in [4.69, 9.17) is 28.4 Å². The first kappa shape index (κ1) is 32.8. The van der Waals surface area contributed by atoms with Gasteiger partial charge >= 0.3 is 0 Å². The largest absolute Gasteiger partial charge is 0.394 e. The van der Waals surface area contributed by atoms with Crippen molar-refractivity contribution >= 4 is 0 Å². The summed E-state index contributed by atoms with van der Waals surface area (Å²) in [4.78, 5) is 0. The van der Waals surface area contributed by atoms with Gasteiger partial charge in [-0.25, -0.2) is 0 Å². The molecule has 230 valence electrons. The Kier molecular flexibility index (Phi) is 11.4. The van der Waals surface area contributed by atoms with Crippen molar-refractivity contribution in [2.45, 2.75) is 111 Å². The second-order valence-corrected chi connectivity index (χ2v) is 9.49. The molecular weight excluding hydrogens is 540 g/mol. The van der Waals surface area contributed by atoms with Crippen molar-refractivity contribution in [2.24, 2.45) is 0 Å². The Bertz CT molecular complexity index is 758. The fourth-order valence-electron chi connectivity index (χ4n) is 4.50. The highest BCUT2D eigenvalue weighted by Gasteiger charge is 2.60. The lowest BCUT2D eigenvalue weighted by Gasteiger charge is -2.50. The molecule has 18 nitrogen and oxygen atoms in total. The molecule has 0 amide bonds. The predicted molar refractivity (Wildman–Crippen MR) is 118 cm³/mol. The van der Waals surface area contributed by atoms with Crippen LogP contribution in [0.1, 0.15) is 13.3 Å². The lowest BCUT2D eigenvalue weighted by molar-refractivity contribution is -0.453. The molecule has 3 heterocycles. The van der Waals surface area contributed by atoms with E-state index in [0.29, 0.717) is 0 Å². The number of aliphatic hydroxyl groups excluding tert-OH is 11. The smallest absolute Gasteiger partial charge is 0.249 e. The Morgan fingerprint density at radius 3 is 1.79 bits per heavy atom. The Labute approximate surface area is 221 Å². The number of aliphatic hydroxyl groups is 12. The fraction of sp³-hybridized carbons (Fsp3) is 1.00. The number of hydrogen-bond donors (Lipinski definition) is 12. The molecule has 0 aliphatic carbocycles. The molecule has 0 saturated carbocycles. The van der Waals surface area contributed by atoms with Gasteiger partial charge in [0.15, 0.2) is 18.9 Å². The minimum atomic E-state index is -2.98. The fourth-order valence-corrected chi connectivity index (χ4v) is 4.50. The van der Waals surface area contributed by atoms with Gasteiger partial charge in [0.1, 0.15) is 67.1 Å². The van der Waals surface area contributed by atoms with E-state index in [1.54, 1.807) is 0 Å². The van der Waals surface area contributed by atoms with Crippen LogP contribution in [0.4, 0.5) is 0 Å². The Morgan fingerprint density at radius 1 is 0.692 bits per heavy atom. The summed E-state index contributed by atoms with van der Waals surface area (Å²) in [6.45, 7) is -1.12. The summed E-state index contributed by atoms with van der Waals surface area (Å²) in [6, 6.07) is 0. The summed E-state index contributed by atoms with van der Waals surface area (Å²) in [6.07, 6.45) is -27.3. The van der Waals surface area contributed by atoms with E-state index < -0.39 is 118 Å². The molecule has 18 heteroatoms. The van der Waals surface area contributed by atoms with E-state index in [1.165, 1.54) is 6.92 Å². The summed E-state index contributed by atoms with van der Waals surface area (Å²) in [7, 11) is 0. The van der Waals surface area contributed by atoms with Gasteiger partial charge in [-0.3, -0.25) is 0 Å². The standard InChI is InChI=1S/C21H38O18/c1-2-9(25)39-21(33)17(31)10(26)6(3-22)36-20(21)38-16-8(5-24)35-19(14(30)12(16)28)37-15-7(4-23)34-18(32)13(29)11(15)27/h6-20,22-33H,2-5H2,1H3/t6-,7-,8-,9?,10-,11-,12-,13-,14-,15-,16-,17+,18+,19?,20?,21-/m1/s1. The molecule has 3 fully saturated rings. The second-order valence-electron chi connectivity index (χ2n) is 9.49. The number of ether oxygens (including phenoxy) is 6. The van der Waals surface area contributed by atoms with E-state index in [9.17, 15) is 61.3 Å². The SMILES string of the molecule is CCC(O)O[C@@]1(O)C(O[C@H]2[C@H](O)[C@@H](O)C(O[C@H]3[C@H](O)[C@@H](O)[C@@H](O)O[C@@H]3CO)O[C@@H]2CO)O[C@H](CO)[C@@H](O)[C@@H]1O. The molecule has 39 heavy (non-hydrogen) atoms. The molecule has 16 atom stereocenters. The quantitative estimate of drug-likeness (QED) is 0.107. The van der Waals surface area contributed by atoms with E-state index in [0.717, 1.165) is 0 Å². The van der Waals surface area contributed by atoms with Crippen molar-refractivity contribution in [2.75, 3.05) is 19.8 Å².